The van der Waals surface area contributed by atoms with E-state index in [1.807, 2.05) is 29.9 Å². The van der Waals surface area contributed by atoms with Gasteiger partial charge in [-0.2, -0.15) is 5.10 Å². The fourth-order valence-corrected chi connectivity index (χ4v) is 4.82. The lowest BCUT2D eigenvalue weighted by Crippen LogP contribution is -2.13. The molecule has 0 aliphatic heterocycles. The lowest BCUT2D eigenvalue weighted by atomic mass is 9.85. The minimum Gasteiger partial charge on any atom is -0.495 e. The number of aromatic nitrogens is 4. The summed E-state index contributed by atoms with van der Waals surface area (Å²) in [4.78, 5) is 20.9. The van der Waals surface area contributed by atoms with Crippen molar-refractivity contribution in [2.45, 2.75) is 57.9 Å². The standard InChI is InChI=1S/C25H30ClN5O3/c1-4-5-19-22-23(31(2)30-19)25(27-14-16-8-11-20(34-3)18(26)12-16)29-24(28-22)17-9-6-15(7-10-17)13-21(32)33/h8,11-13,17H,4-7,9-10,14H2,1-3H3,(H,32,33)(H,27,28,29). The summed E-state index contributed by atoms with van der Waals surface area (Å²) in [6.45, 7) is 2.67. The predicted molar refractivity (Wildman–Crippen MR) is 133 cm³/mol. The van der Waals surface area contributed by atoms with Crippen LogP contribution in [0, 0.1) is 0 Å². The highest BCUT2D eigenvalue weighted by atomic mass is 35.5. The van der Waals surface area contributed by atoms with E-state index in [4.69, 9.17) is 36.5 Å². The molecule has 2 N–H and O–H groups in total. The number of nitrogens with one attached hydrogen (secondary N) is 1. The highest BCUT2D eigenvalue weighted by molar-refractivity contribution is 6.32. The summed E-state index contributed by atoms with van der Waals surface area (Å²) in [7, 11) is 3.52. The summed E-state index contributed by atoms with van der Waals surface area (Å²) in [6.07, 6.45) is 6.33. The third-order valence-electron chi connectivity index (χ3n) is 6.25. The number of aryl methyl sites for hydroxylation is 2. The molecule has 0 spiro atoms. The van der Waals surface area contributed by atoms with Crippen molar-refractivity contribution >= 4 is 34.4 Å². The minimum atomic E-state index is -0.879. The second-order valence-corrected chi connectivity index (χ2v) is 9.09. The Hall–Kier alpha value is -3.13. The number of carboxylic acids is 1. The normalized spacial score (nSPS) is 16.0. The van der Waals surface area contributed by atoms with E-state index >= 15 is 0 Å². The van der Waals surface area contributed by atoms with Gasteiger partial charge in [0.25, 0.3) is 0 Å². The average Bonchev–Trinajstić information content (AvgIpc) is 3.13. The largest absolute Gasteiger partial charge is 0.495 e. The van der Waals surface area contributed by atoms with Gasteiger partial charge in [-0.25, -0.2) is 14.8 Å². The topological polar surface area (TPSA) is 102 Å². The van der Waals surface area contributed by atoms with E-state index in [0.717, 1.165) is 78.0 Å². The molecule has 9 heteroatoms. The van der Waals surface area contributed by atoms with Crippen LogP contribution in [0.2, 0.25) is 5.02 Å². The molecule has 0 bridgehead atoms. The molecule has 1 fully saturated rings. The van der Waals surface area contributed by atoms with Crippen LogP contribution < -0.4 is 10.1 Å². The van der Waals surface area contributed by atoms with Gasteiger partial charge < -0.3 is 15.2 Å². The third kappa shape index (κ3) is 5.17. The maximum absolute atomic E-state index is 11.0. The molecule has 1 aliphatic rings. The summed E-state index contributed by atoms with van der Waals surface area (Å²) in [6, 6.07) is 5.71. The molecular formula is C25H30ClN5O3. The number of anilines is 1. The van der Waals surface area contributed by atoms with Gasteiger partial charge in [0.2, 0.25) is 0 Å². The summed E-state index contributed by atoms with van der Waals surface area (Å²) in [5.74, 6) is 1.48. The van der Waals surface area contributed by atoms with Gasteiger partial charge in [0.1, 0.15) is 22.6 Å². The summed E-state index contributed by atoms with van der Waals surface area (Å²) >= 11 is 6.31. The number of halogens is 1. The molecule has 0 atom stereocenters. The Morgan fingerprint density at radius 1 is 1.32 bits per heavy atom. The average molecular weight is 484 g/mol. The first-order chi connectivity index (χ1) is 16.4. The van der Waals surface area contributed by atoms with Crippen molar-refractivity contribution in [3.63, 3.8) is 0 Å². The van der Waals surface area contributed by atoms with Crippen molar-refractivity contribution in [3.8, 4) is 5.75 Å². The van der Waals surface area contributed by atoms with E-state index in [2.05, 4.69) is 12.2 Å². The van der Waals surface area contributed by atoms with Gasteiger partial charge in [-0.3, -0.25) is 4.68 Å². The summed E-state index contributed by atoms with van der Waals surface area (Å²) in [5.41, 5.74) is 4.73. The molecule has 0 saturated heterocycles. The van der Waals surface area contributed by atoms with E-state index in [-0.39, 0.29) is 5.92 Å². The monoisotopic (exact) mass is 483 g/mol. The third-order valence-corrected chi connectivity index (χ3v) is 6.55. The highest BCUT2D eigenvalue weighted by Crippen LogP contribution is 2.36. The van der Waals surface area contributed by atoms with Gasteiger partial charge >= 0.3 is 5.97 Å². The highest BCUT2D eigenvalue weighted by Gasteiger charge is 2.25. The fraction of sp³-hybridized carbons (Fsp3) is 0.440. The fourth-order valence-electron chi connectivity index (χ4n) is 4.54. The Morgan fingerprint density at radius 3 is 2.74 bits per heavy atom. The maximum atomic E-state index is 11.0. The van der Waals surface area contributed by atoms with E-state index < -0.39 is 5.97 Å². The molecule has 4 rings (SSSR count). The van der Waals surface area contributed by atoms with Crippen LogP contribution in [0.15, 0.2) is 29.8 Å². The van der Waals surface area contributed by atoms with Gasteiger partial charge in [0.15, 0.2) is 5.82 Å². The second kappa shape index (κ2) is 10.4. The Bertz CT molecular complexity index is 1230. The van der Waals surface area contributed by atoms with Crippen LogP contribution in [0.4, 0.5) is 5.82 Å². The molecule has 0 amide bonds. The number of benzene rings is 1. The summed E-state index contributed by atoms with van der Waals surface area (Å²) < 4.78 is 7.10. The molecule has 1 aliphatic carbocycles. The van der Waals surface area contributed by atoms with Crippen LogP contribution in [-0.4, -0.2) is 37.9 Å². The van der Waals surface area contributed by atoms with Gasteiger partial charge in [-0.15, -0.1) is 0 Å². The number of fused-ring (bicyclic) bond motifs is 1. The number of methoxy groups -OCH3 is 1. The van der Waals surface area contributed by atoms with Crippen molar-refractivity contribution in [3.05, 3.63) is 52.0 Å². The van der Waals surface area contributed by atoms with Crippen molar-refractivity contribution < 1.29 is 14.6 Å². The molecule has 34 heavy (non-hydrogen) atoms. The number of nitrogens with zero attached hydrogens (tertiary/aromatic N) is 4. The Kier molecular flexibility index (Phi) is 7.36. The van der Waals surface area contributed by atoms with Crippen LogP contribution in [0.5, 0.6) is 5.75 Å². The molecule has 0 unspecified atom stereocenters. The quantitative estimate of drug-likeness (QED) is 0.421. The van der Waals surface area contributed by atoms with Crippen LogP contribution in [-0.2, 0) is 24.8 Å². The smallest absolute Gasteiger partial charge is 0.328 e. The number of allylic oxidation sites excluding steroid dienone is 1. The Balaban J connectivity index is 1.66. The first kappa shape index (κ1) is 24.0. The van der Waals surface area contributed by atoms with Gasteiger partial charge in [-0.05, 0) is 49.8 Å². The van der Waals surface area contributed by atoms with Crippen molar-refractivity contribution in [1.82, 2.24) is 19.7 Å². The van der Waals surface area contributed by atoms with E-state index in [9.17, 15) is 4.79 Å². The zero-order valence-corrected chi connectivity index (χ0v) is 20.5. The predicted octanol–water partition coefficient (Wildman–Crippen LogP) is 5.26. The van der Waals surface area contributed by atoms with Gasteiger partial charge in [0, 0.05) is 25.6 Å². The van der Waals surface area contributed by atoms with E-state index in [1.54, 1.807) is 7.11 Å². The van der Waals surface area contributed by atoms with Crippen molar-refractivity contribution in [1.29, 1.82) is 0 Å². The zero-order valence-electron chi connectivity index (χ0n) is 19.8. The van der Waals surface area contributed by atoms with Crippen molar-refractivity contribution in [2.24, 2.45) is 7.05 Å². The molecule has 2 aromatic heterocycles. The number of rotatable bonds is 8. The Morgan fingerprint density at radius 2 is 2.09 bits per heavy atom. The van der Waals surface area contributed by atoms with E-state index in [1.165, 1.54) is 6.08 Å². The second-order valence-electron chi connectivity index (χ2n) is 8.69. The van der Waals surface area contributed by atoms with Gasteiger partial charge in [0.05, 0.1) is 17.8 Å². The molecule has 3 aromatic rings. The SMILES string of the molecule is CCCc1nn(C)c2c(NCc3ccc(OC)c(Cl)c3)nc(C3CCC(=CC(=O)O)CC3)nc12. The lowest BCUT2D eigenvalue weighted by Gasteiger charge is -2.23. The van der Waals surface area contributed by atoms with Gasteiger partial charge in [-0.1, -0.05) is 36.6 Å². The number of hydrogen-bond acceptors (Lipinski definition) is 6. The van der Waals surface area contributed by atoms with Crippen LogP contribution in [0.3, 0.4) is 0 Å². The van der Waals surface area contributed by atoms with E-state index in [0.29, 0.717) is 17.3 Å². The number of carboxylic acid groups (broad SMARTS) is 1. The number of carbonyl (C=O) groups is 1. The molecule has 8 nitrogen and oxygen atoms in total. The van der Waals surface area contributed by atoms with Crippen LogP contribution >= 0.6 is 11.6 Å². The number of hydrogen-bond donors (Lipinski definition) is 2. The molecular weight excluding hydrogens is 454 g/mol. The molecule has 180 valence electrons. The Labute approximate surface area is 204 Å². The lowest BCUT2D eigenvalue weighted by molar-refractivity contribution is -0.131. The first-order valence-electron chi connectivity index (χ1n) is 11.6. The molecule has 1 aromatic carbocycles. The molecule has 0 radical (unpaired) electrons. The molecule has 2 heterocycles. The minimum absolute atomic E-state index is 0.181. The first-order valence-corrected chi connectivity index (χ1v) is 12.0. The maximum Gasteiger partial charge on any atom is 0.328 e. The van der Waals surface area contributed by atoms with Crippen molar-refractivity contribution in [2.75, 3.05) is 12.4 Å². The van der Waals surface area contributed by atoms with Crippen LogP contribution in [0.1, 0.15) is 62.0 Å². The molecule has 1 saturated carbocycles. The summed E-state index contributed by atoms with van der Waals surface area (Å²) in [5, 5.41) is 17.8. The van der Waals surface area contributed by atoms with Crippen LogP contribution in [0.25, 0.3) is 11.0 Å². The zero-order chi connectivity index (χ0) is 24.2. The number of ether oxygens (including phenoxy) is 1. The number of aliphatic carboxylic acids is 1.